The Labute approximate surface area is 86.4 Å². The summed E-state index contributed by atoms with van der Waals surface area (Å²) in [7, 11) is 1.69. The molecule has 3 nitrogen and oxygen atoms in total. The van der Waals surface area contributed by atoms with Gasteiger partial charge in [0.05, 0.1) is 17.8 Å². The number of ether oxygens (including phenoxy) is 2. The van der Waals surface area contributed by atoms with Crippen molar-refractivity contribution < 1.29 is 14.6 Å². The van der Waals surface area contributed by atoms with Crippen LogP contribution in [0.5, 0.6) is 0 Å². The third-order valence-electron chi connectivity index (χ3n) is 2.79. The summed E-state index contributed by atoms with van der Waals surface area (Å²) in [4.78, 5) is 0. The normalized spacial score (nSPS) is 38.6. The molecular weight excluding hydrogens is 180 g/mol. The molecule has 0 bridgehead atoms. The summed E-state index contributed by atoms with van der Waals surface area (Å²) in [6.07, 6.45) is 3.59. The van der Waals surface area contributed by atoms with Gasteiger partial charge in [-0.05, 0) is 26.7 Å². The third-order valence-corrected chi connectivity index (χ3v) is 2.79. The van der Waals surface area contributed by atoms with Gasteiger partial charge >= 0.3 is 0 Å². The molecule has 2 unspecified atom stereocenters. The van der Waals surface area contributed by atoms with E-state index in [1.165, 1.54) is 0 Å². The van der Waals surface area contributed by atoms with Crippen LogP contribution in [0, 0.1) is 0 Å². The maximum Gasteiger partial charge on any atom is 0.0697 e. The van der Waals surface area contributed by atoms with Gasteiger partial charge in [-0.1, -0.05) is 0 Å². The molecule has 1 saturated heterocycles. The van der Waals surface area contributed by atoms with Crippen LogP contribution in [0.1, 0.15) is 39.5 Å². The SMILES string of the molecule is COCCCC1(O)CC(C)OC(C)C1. The molecule has 1 fully saturated rings. The van der Waals surface area contributed by atoms with E-state index in [1.807, 2.05) is 13.8 Å². The lowest BCUT2D eigenvalue weighted by Gasteiger charge is -2.39. The first-order valence-electron chi connectivity index (χ1n) is 5.42. The van der Waals surface area contributed by atoms with E-state index in [4.69, 9.17) is 9.47 Å². The molecule has 0 spiro atoms. The molecule has 0 saturated carbocycles. The number of hydrogen-bond acceptors (Lipinski definition) is 3. The first-order valence-corrected chi connectivity index (χ1v) is 5.42. The maximum absolute atomic E-state index is 10.3. The van der Waals surface area contributed by atoms with Crippen molar-refractivity contribution in [3.63, 3.8) is 0 Å². The molecule has 84 valence electrons. The van der Waals surface area contributed by atoms with Crippen molar-refractivity contribution in [2.24, 2.45) is 0 Å². The Bertz CT molecular complexity index is 160. The van der Waals surface area contributed by atoms with Gasteiger partial charge in [-0.2, -0.15) is 0 Å². The second-order valence-corrected chi connectivity index (χ2v) is 4.49. The first-order chi connectivity index (χ1) is 6.56. The molecule has 2 atom stereocenters. The summed E-state index contributed by atoms with van der Waals surface area (Å²) in [5.41, 5.74) is -0.532. The van der Waals surface area contributed by atoms with Crippen molar-refractivity contribution in [3.05, 3.63) is 0 Å². The number of rotatable bonds is 4. The third kappa shape index (κ3) is 3.56. The summed E-state index contributed by atoms with van der Waals surface area (Å²) in [6, 6.07) is 0. The van der Waals surface area contributed by atoms with Gasteiger partial charge in [-0.15, -0.1) is 0 Å². The number of methoxy groups -OCH3 is 1. The summed E-state index contributed by atoms with van der Waals surface area (Å²) in [5.74, 6) is 0. The van der Waals surface area contributed by atoms with E-state index in [2.05, 4.69) is 0 Å². The Morgan fingerprint density at radius 3 is 2.43 bits per heavy atom. The average molecular weight is 202 g/mol. The lowest BCUT2D eigenvalue weighted by Crippen LogP contribution is -2.43. The fourth-order valence-electron chi connectivity index (χ4n) is 2.40. The Morgan fingerprint density at radius 2 is 1.93 bits per heavy atom. The highest BCUT2D eigenvalue weighted by atomic mass is 16.5. The molecule has 3 heteroatoms. The second kappa shape index (κ2) is 5.10. The minimum absolute atomic E-state index is 0.172. The van der Waals surface area contributed by atoms with E-state index in [9.17, 15) is 5.11 Å². The van der Waals surface area contributed by atoms with Crippen LogP contribution in [0.25, 0.3) is 0 Å². The van der Waals surface area contributed by atoms with Crippen molar-refractivity contribution in [2.75, 3.05) is 13.7 Å². The fraction of sp³-hybridized carbons (Fsp3) is 1.00. The van der Waals surface area contributed by atoms with E-state index in [0.717, 1.165) is 32.3 Å². The lowest BCUT2D eigenvalue weighted by molar-refractivity contribution is -0.135. The minimum atomic E-state index is -0.532. The standard InChI is InChI=1S/C11H22O3/c1-9-7-11(12,5-4-6-13-3)8-10(2)14-9/h9-10,12H,4-8H2,1-3H3. The van der Waals surface area contributed by atoms with E-state index in [0.29, 0.717) is 0 Å². The van der Waals surface area contributed by atoms with Crippen LogP contribution in [0.3, 0.4) is 0 Å². The molecular formula is C11H22O3. The Morgan fingerprint density at radius 1 is 1.36 bits per heavy atom. The molecule has 0 amide bonds. The minimum Gasteiger partial charge on any atom is -0.390 e. The smallest absolute Gasteiger partial charge is 0.0697 e. The van der Waals surface area contributed by atoms with E-state index < -0.39 is 5.60 Å². The molecule has 0 aromatic heterocycles. The van der Waals surface area contributed by atoms with Crippen LogP contribution in [0.4, 0.5) is 0 Å². The van der Waals surface area contributed by atoms with Gasteiger partial charge in [0.15, 0.2) is 0 Å². The molecule has 1 rings (SSSR count). The summed E-state index contributed by atoms with van der Waals surface area (Å²) in [5, 5.41) is 10.3. The topological polar surface area (TPSA) is 38.7 Å². The molecule has 0 aliphatic carbocycles. The molecule has 14 heavy (non-hydrogen) atoms. The van der Waals surface area contributed by atoms with Gasteiger partial charge < -0.3 is 14.6 Å². The van der Waals surface area contributed by atoms with Gasteiger partial charge in [-0.25, -0.2) is 0 Å². The van der Waals surface area contributed by atoms with E-state index in [-0.39, 0.29) is 12.2 Å². The molecule has 1 aliphatic heterocycles. The van der Waals surface area contributed by atoms with Crippen LogP contribution in [0.15, 0.2) is 0 Å². The van der Waals surface area contributed by atoms with E-state index >= 15 is 0 Å². The van der Waals surface area contributed by atoms with Crippen molar-refractivity contribution in [1.29, 1.82) is 0 Å². The fourth-order valence-corrected chi connectivity index (χ4v) is 2.40. The van der Waals surface area contributed by atoms with Gasteiger partial charge in [0.25, 0.3) is 0 Å². The predicted octanol–water partition coefficient (Wildman–Crippen LogP) is 1.73. The predicted molar refractivity (Wildman–Crippen MR) is 55.3 cm³/mol. The zero-order chi connectivity index (χ0) is 10.6. The van der Waals surface area contributed by atoms with Gasteiger partial charge in [-0.3, -0.25) is 0 Å². The summed E-state index contributed by atoms with van der Waals surface area (Å²) < 4.78 is 10.6. The highest BCUT2D eigenvalue weighted by Crippen LogP contribution is 2.32. The van der Waals surface area contributed by atoms with Gasteiger partial charge in [0.1, 0.15) is 0 Å². The Balaban J connectivity index is 2.38. The zero-order valence-corrected chi connectivity index (χ0v) is 9.45. The zero-order valence-electron chi connectivity index (χ0n) is 9.45. The molecule has 0 aromatic carbocycles. The number of aliphatic hydroxyl groups is 1. The molecule has 1 heterocycles. The Hall–Kier alpha value is -0.120. The molecule has 1 N–H and O–H groups in total. The first kappa shape index (κ1) is 12.0. The lowest BCUT2D eigenvalue weighted by atomic mass is 9.84. The van der Waals surface area contributed by atoms with Crippen LogP contribution in [-0.2, 0) is 9.47 Å². The van der Waals surface area contributed by atoms with Crippen LogP contribution >= 0.6 is 0 Å². The summed E-state index contributed by atoms with van der Waals surface area (Å²) in [6.45, 7) is 4.78. The van der Waals surface area contributed by atoms with Crippen molar-refractivity contribution in [2.45, 2.75) is 57.3 Å². The van der Waals surface area contributed by atoms with Crippen LogP contribution in [-0.4, -0.2) is 36.6 Å². The van der Waals surface area contributed by atoms with Gasteiger partial charge in [0.2, 0.25) is 0 Å². The largest absolute Gasteiger partial charge is 0.390 e. The van der Waals surface area contributed by atoms with E-state index in [1.54, 1.807) is 7.11 Å². The van der Waals surface area contributed by atoms with Crippen molar-refractivity contribution in [1.82, 2.24) is 0 Å². The maximum atomic E-state index is 10.3. The highest BCUT2D eigenvalue weighted by molar-refractivity contribution is 4.87. The van der Waals surface area contributed by atoms with Crippen molar-refractivity contribution >= 4 is 0 Å². The van der Waals surface area contributed by atoms with Crippen LogP contribution in [0.2, 0.25) is 0 Å². The van der Waals surface area contributed by atoms with Gasteiger partial charge in [0, 0.05) is 26.6 Å². The summed E-state index contributed by atoms with van der Waals surface area (Å²) >= 11 is 0. The molecule has 1 aliphatic rings. The molecule has 0 radical (unpaired) electrons. The quantitative estimate of drug-likeness (QED) is 0.706. The second-order valence-electron chi connectivity index (χ2n) is 4.49. The Kier molecular flexibility index (Phi) is 4.35. The van der Waals surface area contributed by atoms with Crippen molar-refractivity contribution in [3.8, 4) is 0 Å². The molecule has 0 aromatic rings. The highest BCUT2D eigenvalue weighted by Gasteiger charge is 2.35. The number of hydrogen-bond donors (Lipinski definition) is 1. The monoisotopic (exact) mass is 202 g/mol. The van der Waals surface area contributed by atoms with Crippen LogP contribution < -0.4 is 0 Å². The average Bonchev–Trinajstić information content (AvgIpc) is 2.01.